The lowest BCUT2D eigenvalue weighted by molar-refractivity contribution is 0.229. The van der Waals surface area contributed by atoms with E-state index in [9.17, 15) is 0 Å². The van der Waals surface area contributed by atoms with Gasteiger partial charge in [-0.25, -0.2) is 5.43 Å². The summed E-state index contributed by atoms with van der Waals surface area (Å²) in [4.78, 5) is 0. The maximum atomic E-state index is 3.29. The van der Waals surface area contributed by atoms with Crippen LogP contribution in [-0.2, 0) is 0 Å². The molecule has 0 unspecified atom stereocenters. The molecule has 0 spiro atoms. The van der Waals surface area contributed by atoms with E-state index < -0.39 is 0 Å². The van der Waals surface area contributed by atoms with E-state index in [2.05, 4.69) is 21.4 Å². The summed E-state index contributed by atoms with van der Waals surface area (Å²) < 4.78 is 1.84. The first kappa shape index (κ1) is 5.24. The van der Waals surface area contributed by atoms with Gasteiger partial charge in [0.1, 0.15) is 0 Å². The largest absolute Gasteiger partial charge is 0.258 e. The van der Waals surface area contributed by atoms with E-state index in [1.807, 2.05) is 4.67 Å². The Balaban J connectivity index is 2.12. The van der Waals surface area contributed by atoms with Crippen LogP contribution in [0, 0.1) is 0 Å². The highest BCUT2D eigenvalue weighted by Crippen LogP contribution is 1.82. The Morgan fingerprint density at radius 2 is 2.43 bits per heavy atom. The number of rotatable bonds is 0. The van der Waals surface area contributed by atoms with Gasteiger partial charge in [-0.15, -0.1) is 0 Å². The van der Waals surface area contributed by atoms with E-state index in [-0.39, 0.29) is 0 Å². The van der Waals surface area contributed by atoms with Crippen molar-refractivity contribution < 1.29 is 0 Å². The van der Waals surface area contributed by atoms with Crippen molar-refractivity contribution in [3.8, 4) is 0 Å². The number of hydrogen-bond acceptors (Lipinski definition) is 3. The van der Waals surface area contributed by atoms with E-state index in [4.69, 9.17) is 0 Å². The molecule has 3 nitrogen and oxygen atoms in total. The van der Waals surface area contributed by atoms with Crippen LogP contribution in [0.3, 0.4) is 0 Å². The van der Waals surface area contributed by atoms with Gasteiger partial charge in [-0.05, 0) is 6.42 Å². The van der Waals surface area contributed by atoms with Crippen molar-refractivity contribution in [2.75, 3.05) is 13.1 Å². The van der Waals surface area contributed by atoms with Crippen molar-refractivity contribution in [1.82, 2.24) is 15.6 Å². The third-order valence-corrected chi connectivity index (χ3v) is 1.23. The van der Waals surface area contributed by atoms with Gasteiger partial charge in [0.15, 0.2) is 10.4 Å². The lowest BCUT2D eigenvalue weighted by Crippen LogP contribution is -2.51. The van der Waals surface area contributed by atoms with Crippen LogP contribution in [0.15, 0.2) is 0 Å². The molecule has 4 heteroatoms. The van der Waals surface area contributed by atoms with Crippen molar-refractivity contribution in [2.45, 2.75) is 6.42 Å². The molecule has 1 aliphatic rings. The molecule has 1 rings (SSSR count). The van der Waals surface area contributed by atoms with E-state index >= 15 is 0 Å². The molecule has 0 amide bonds. The molecule has 0 aromatic carbocycles. The van der Waals surface area contributed by atoms with Crippen LogP contribution >= 0.6 is 0 Å². The molecule has 1 heterocycles. The van der Waals surface area contributed by atoms with Gasteiger partial charge in [0.25, 0.3) is 0 Å². The van der Waals surface area contributed by atoms with E-state index in [1.54, 1.807) is 0 Å². The molecule has 3 radical (unpaired) electrons. The monoisotopic (exact) mass is 114 g/mol. The van der Waals surface area contributed by atoms with Crippen LogP contribution in [0.25, 0.3) is 0 Å². The maximum absolute atomic E-state index is 3.29. The minimum Gasteiger partial charge on any atom is -0.258 e. The molecule has 0 aliphatic carbocycles. The highest BCUT2D eigenvalue weighted by Gasteiger charge is 2.00. The van der Waals surface area contributed by atoms with Crippen LogP contribution in [-0.4, -0.2) is 28.2 Å². The van der Waals surface area contributed by atoms with E-state index in [0.717, 1.165) is 13.1 Å². The highest BCUT2D eigenvalue weighted by atomic mass is 28.2. The predicted octanol–water partition coefficient (Wildman–Crippen LogP) is -1.22. The van der Waals surface area contributed by atoms with E-state index in [1.165, 1.54) is 6.42 Å². The van der Waals surface area contributed by atoms with Crippen molar-refractivity contribution in [3.63, 3.8) is 0 Å². The number of hydrazine groups is 2. The Bertz CT molecular complexity index is 52.1. The SMILES string of the molecule is [Si]N1CCCNN1. The molecular weight excluding hydrogens is 106 g/mol. The summed E-state index contributed by atoms with van der Waals surface area (Å²) >= 11 is 0. The average Bonchev–Trinajstić information content (AvgIpc) is 1.69. The fourth-order valence-electron chi connectivity index (χ4n) is 0.533. The molecular formula is C3H8N3Si. The third-order valence-electron chi connectivity index (χ3n) is 0.898. The number of hydrogen-bond donors (Lipinski definition) is 2. The van der Waals surface area contributed by atoms with Crippen LogP contribution in [0.5, 0.6) is 0 Å². The van der Waals surface area contributed by atoms with Crippen LogP contribution in [0.1, 0.15) is 6.42 Å². The van der Waals surface area contributed by atoms with Gasteiger partial charge in [-0.3, -0.25) is 4.67 Å². The topological polar surface area (TPSA) is 27.3 Å². The molecule has 0 saturated carbocycles. The molecule has 7 heavy (non-hydrogen) atoms. The minimum absolute atomic E-state index is 1.06. The third kappa shape index (κ3) is 1.56. The van der Waals surface area contributed by atoms with Gasteiger partial charge in [-0.1, -0.05) is 0 Å². The summed E-state index contributed by atoms with van der Waals surface area (Å²) in [6, 6.07) is 0. The first-order valence-electron chi connectivity index (χ1n) is 2.37. The summed E-state index contributed by atoms with van der Waals surface area (Å²) in [5.74, 6) is 0. The molecule has 0 atom stereocenters. The van der Waals surface area contributed by atoms with Gasteiger partial charge < -0.3 is 0 Å². The summed E-state index contributed by atoms with van der Waals surface area (Å²) in [6.45, 7) is 2.12. The zero-order valence-electron chi connectivity index (χ0n) is 4.07. The second kappa shape index (κ2) is 2.42. The lowest BCUT2D eigenvalue weighted by Gasteiger charge is -2.23. The molecule has 0 aromatic rings. The predicted molar refractivity (Wildman–Crippen MR) is 28.2 cm³/mol. The van der Waals surface area contributed by atoms with Gasteiger partial charge in [0.05, 0.1) is 0 Å². The maximum Gasteiger partial charge on any atom is 0.168 e. The molecule has 1 aliphatic heterocycles. The Morgan fingerprint density at radius 3 is 2.71 bits per heavy atom. The Labute approximate surface area is 46.5 Å². The standard InChI is InChI=1S/C3H8N3Si/c7-6-3-1-2-4-5-6/h4-5H,1-3H2. The molecule has 0 bridgehead atoms. The molecule has 1 fully saturated rings. The summed E-state index contributed by atoms with van der Waals surface area (Å²) in [5, 5.41) is 0. The van der Waals surface area contributed by atoms with Crippen molar-refractivity contribution in [2.24, 2.45) is 0 Å². The first-order valence-corrected chi connectivity index (χ1v) is 2.81. The zero-order valence-corrected chi connectivity index (χ0v) is 5.07. The van der Waals surface area contributed by atoms with Crippen LogP contribution in [0.2, 0.25) is 0 Å². The Morgan fingerprint density at radius 1 is 1.57 bits per heavy atom. The summed E-state index contributed by atoms with van der Waals surface area (Å²) in [5.41, 5.74) is 5.84. The second-order valence-electron chi connectivity index (χ2n) is 1.54. The molecule has 39 valence electrons. The number of nitrogens with zero attached hydrogens (tertiary/aromatic N) is 1. The molecule has 2 N–H and O–H groups in total. The quantitative estimate of drug-likeness (QED) is 0.387. The smallest absolute Gasteiger partial charge is 0.168 e. The van der Waals surface area contributed by atoms with E-state index in [0.29, 0.717) is 0 Å². The zero-order chi connectivity index (χ0) is 5.11. The highest BCUT2D eigenvalue weighted by molar-refractivity contribution is 6.03. The van der Waals surface area contributed by atoms with Crippen molar-refractivity contribution in [3.05, 3.63) is 0 Å². The van der Waals surface area contributed by atoms with Crippen molar-refractivity contribution in [1.29, 1.82) is 0 Å². The van der Waals surface area contributed by atoms with Gasteiger partial charge in [-0.2, -0.15) is 5.53 Å². The minimum atomic E-state index is 1.06. The first-order chi connectivity index (χ1) is 3.39. The molecule has 0 aromatic heterocycles. The van der Waals surface area contributed by atoms with Crippen molar-refractivity contribution >= 4 is 10.4 Å². The Hall–Kier alpha value is 0.0969. The van der Waals surface area contributed by atoms with Crippen LogP contribution in [0.4, 0.5) is 0 Å². The fourth-order valence-corrected chi connectivity index (χ4v) is 0.770. The lowest BCUT2D eigenvalue weighted by atomic mass is 10.4. The normalized spacial score (nSPS) is 25.3. The van der Waals surface area contributed by atoms with Gasteiger partial charge >= 0.3 is 0 Å². The fraction of sp³-hybridized carbons (Fsp3) is 1.00. The summed E-state index contributed by atoms with van der Waals surface area (Å²) in [6.07, 6.45) is 1.19. The average molecular weight is 114 g/mol. The number of nitrogens with one attached hydrogen (secondary N) is 2. The summed E-state index contributed by atoms with van der Waals surface area (Å²) in [7, 11) is 3.29. The second-order valence-corrected chi connectivity index (χ2v) is 2.08. The van der Waals surface area contributed by atoms with Gasteiger partial charge in [0, 0.05) is 13.1 Å². The molecule has 1 saturated heterocycles. The Kier molecular flexibility index (Phi) is 1.81. The van der Waals surface area contributed by atoms with Crippen LogP contribution < -0.4 is 11.0 Å². The van der Waals surface area contributed by atoms with Gasteiger partial charge in [0.2, 0.25) is 0 Å².